The number of carbonyl (C=O) groups excluding carboxylic acids is 2. The Morgan fingerprint density at radius 3 is 2.42 bits per heavy atom. The molecule has 1 unspecified atom stereocenters. The Balaban J connectivity index is 1.76. The zero-order valence-corrected chi connectivity index (χ0v) is 18.5. The summed E-state index contributed by atoms with van der Waals surface area (Å²) in [6.07, 6.45) is 2.81. The molecule has 1 N–H and O–H groups in total. The zero-order chi connectivity index (χ0) is 23.4. The summed E-state index contributed by atoms with van der Waals surface area (Å²) >= 11 is 0. The Labute approximate surface area is 191 Å². The van der Waals surface area contributed by atoms with Crippen LogP contribution in [0.1, 0.15) is 29.3 Å². The van der Waals surface area contributed by atoms with E-state index in [1.54, 1.807) is 49.8 Å². The minimum absolute atomic E-state index is 0.0349. The van der Waals surface area contributed by atoms with Gasteiger partial charge in [-0.3, -0.25) is 9.59 Å². The molecule has 0 spiro atoms. The molecule has 1 fully saturated rings. The molecule has 1 aliphatic rings. The van der Waals surface area contributed by atoms with Crippen LogP contribution in [0.25, 0.3) is 5.76 Å². The Bertz CT molecular complexity index is 1160. The number of para-hydroxylation sites is 1. The summed E-state index contributed by atoms with van der Waals surface area (Å²) in [7, 11) is 3.08. The second-order valence-electron chi connectivity index (χ2n) is 7.65. The van der Waals surface area contributed by atoms with Gasteiger partial charge in [0.05, 0.1) is 32.1 Å². The first kappa shape index (κ1) is 22.2. The summed E-state index contributed by atoms with van der Waals surface area (Å²) in [6.45, 7) is 0.313. The van der Waals surface area contributed by atoms with Crippen molar-refractivity contribution < 1.29 is 28.6 Å². The quantitative estimate of drug-likeness (QED) is 0.314. The van der Waals surface area contributed by atoms with Crippen molar-refractivity contribution in [3.63, 3.8) is 0 Å². The predicted octanol–water partition coefficient (Wildman–Crippen LogP) is 4.35. The lowest BCUT2D eigenvalue weighted by Crippen LogP contribution is -2.31. The number of rotatable bonds is 8. The number of furan rings is 1. The van der Waals surface area contributed by atoms with Gasteiger partial charge in [0.25, 0.3) is 11.7 Å². The Kier molecular flexibility index (Phi) is 6.49. The summed E-state index contributed by atoms with van der Waals surface area (Å²) in [5, 5.41) is 11.1. The number of hydrogen-bond donors (Lipinski definition) is 1. The first-order valence-electron chi connectivity index (χ1n) is 10.6. The molecule has 2 heterocycles. The van der Waals surface area contributed by atoms with Crippen LogP contribution < -0.4 is 9.47 Å². The van der Waals surface area contributed by atoms with Gasteiger partial charge in [0, 0.05) is 24.1 Å². The molecule has 33 heavy (non-hydrogen) atoms. The largest absolute Gasteiger partial charge is 0.507 e. The van der Waals surface area contributed by atoms with E-state index in [1.165, 1.54) is 12.0 Å². The molecule has 0 bridgehead atoms. The zero-order valence-electron chi connectivity index (χ0n) is 18.5. The van der Waals surface area contributed by atoms with Gasteiger partial charge in [-0.1, -0.05) is 18.2 Å². The molecule has 0 saturated carbocycles. The monoisotopic (exact) mass is 447 g/mol. The molecule has 1 saturated heterocycles. The third kappa shape index (κ3) is 4.35. The van der Waals surface area contributed by atoms with E-state index in [-0.39, 0.29) is 11.3 Å². The lowest BCUT2D eigenvalue weighted by atomic mass is 9.94. The van der Waals surface area contributed by atoms with Gasteiger partial charge in [-0.25, -0.2) is 0 Å². The van der Waals surface area contributed by atoms with Crippen molar-refractivity contribution >= 4 is 17.4 Å². The lowest BCUT2D eigenvalue weighted by Gasteiger charge is -2.26. The highest BCUT2D eigenvalue weighted by Crippen LogP contribution is 2.42. The number of aliphatic hydroxyl groups excluding tert-OH is 1. The topological polar surface area (TPSA) is 89.2 Å². The number of ketones is 1. The van der Waals surface area contributed by atoms with E-state index in [0.29, 0.717) is 42.0 Å². The van der Waals surface area contributed by atoms with Crippen molar-refractivity contribution in [1.82, 2.24) is 4.90 Å². The van der Waals surface area contributed by atoms with Gasteiger partial charge in [-0.2, -0.15) is 0 Å². The average molecular weight is 447 g/mol. The summed E-state index contributed by atoms with van der Waals surface area (Å²) in [5.41, 5.74) is 1.09. The summed E-state index contributed by atoms with van der Waals surface area (Å²) < 4.78 is 16.1. The van der Waals surface area contributed by atoms with Crippen LogP contribution in [0.3, 0.4) is 0 Å². The van der Waals surface area contributed by atoms with Gasteiger partial charge in [0.2, 0.25) is 0 Å². The fourth-order valence-electron chi connectivity index (χ4n) is 4.11. The van der Waals surface area contributed by atoms with Gasteiger partial charge < -0.3 is 23.9 Å². The fraction of sp³-hybridized carbons (Fsp3) is 0.231. The highest BCUT2D eigenvalue weighted by atomic mass is 16.5. The molecule has 4 rings (SSSR count). The van der Waals surface area contributed by atoms with Gasteiger partial charge in [-0.15, -0.1) is 0 Å². The molecule has 2 aromatic carbocycles. The average Bonchev–Trinajstić information content (AvgIpc) is 3.46. The molecule has 1 aliphatic heterocycles. The Morgan fingerprint density at radius 2 is 1.76 bits per heavy atom. The van der Waals surface area contributed by atoms with E-state index >= 15 is 0 Å². The first-order valence-corrected chi connectivity index (χ1v) is 10.6. The van der Waals surface area contributed by atoms with Crippen LogP contribution in [0.5, 0.6) is 11.5 Å². The van der Waals surface area contributed by atoms with E-state index in [1.807, 2.05) is 24.3 Å². The minimum Gasteiger partial charge on any atom is -0.507 e. The number of likely N-dealkylation sites (tertiary alicyclic amines) is 1. The maximum Gasteiger partial charge on any atom is 0.295 e. The number of nitrogens with zero attached hydrogens (tertiary/aromatic N) is 1. The number of aliphatic hydroxyl groups is 1. The van der Waals surface area contributed by atoms with Crippen LogP contribution in [0.4, 0.5) is 0 Å². The molecule has 1 amide bonds. The highest BCUT2D eigenvalue weighted by molar-refractivity contribution is 6.46. The summed E-state index contributed by atoms with van der Waals surface area (Å²) in [4.78, 5) is 27.7. The Hall–Kier alpha value is -4.00. The number of methoxy groups -OCH3 is 2. The van der Waals surface area contributed by atoms with Gasteiger partial charge >= 0.3 is 0 Å². The molecule has 3 aromatic rings. The standard InChI is InChI=1S/C26H25NO6/c1-31-18-13-11-17(12-14-18)24(28)22-23(20-9-3-4-10-21(20)32-2)27(26(30)25(22)29)15-5-7-19-8-6-16-33-19/h3-4,6,8-14,16,23,28H,5,7,15H2,1-2H3/b24-22-. The van der Waals surface area contributed by atoms with Crippen molar-refractivity contribution in [1.29, 1.82) is 0 Å². The van der Waals surface area contributed by atoms with Crippen molar-refractivity contribution in [2.24, 2.45) is 0 Å². The van der Waals surface area contributed by atoms with Crippen LogP contribution in [0, 0.1) is 0 Å². The van der Waals surface area contributed by atoms with Crippen molar-refractivity contribution in [3.8, 4) is 11.5 Å². The van der Waals surface area contributed by atoms with Crippen LogP contribution >= 0.6 is 0 Å². The van der Waals surface area contributed by atoms with Gasteiger partial charge in [-0.05, 0) is 48.9 Å². The molecule has 1 aromatic heterocycles. The van der Waals surface area contributed by atoms with E-state index in [4.69, 9.17) is 13.9 Å². The minimum atomic E-state index is -0.778. The molecule has 170 valence electrons. The lowest BCUT2D eigenvalue weighted by molar-refractivity contribution is -0.139. The van der Waals surface area contributed by atoms with E-state index in [2.05, 4.69) is 0 Å². The molecule has 0 radical (unpaired) electrons. The van der Waals surface area contributed by atoms with Crippen LogP contribution in [-0.4, -0.2) is 42.5 Å². The van der Waals surface area contributed by atoms with Crippen molar-refractivity contribution in [2.75, 3.05) is 20.8 Å². The molecule has 7 heteroatoms. The number of hydrogen-bond acceptors (Lipinski definition) is 6. The SMILES string of the molecule is COc1ccc(/C(O)=C2/C(=O)C(=O)N(CCCc3ccco3)C2c2ccccc2OC)cc1. The van der Waals surface area contributed by atoms with E-state index < -0.39 is 17.7 Å². The van der Waals surface area contributed by atoms with Crippen LogP contribution in [-0.2, 0) is 16.0 Å². The second kappa shape index (κ2) is 9.65. The van der Waals surface area contributed by atoms with Crippen molar-refractivity contribution in [2.45, 2.75) is 18.9 Å². The third-order valence-electron chi connectivity index (χ3n) is 5.74. The normalized spacial score (nSPS) is 17.4. The van der Waals surface area contributed by atoms with Gasteiger partial charge in [0.15, 0.2) is 0 Å². The van der Waals surface area contributed by atoms with Crippen molar-refractivity contribution in [3.05, 3.63) is 89.4 Å². The van der Waals surface area contributed by atoms with E-state index in [0.717, 1.165) is 5.76 Å². The van der Waals surface area contributed by atoms with Crippen LogP contribution in [0.2, 0.25) is 0 Å². The molecule has 7 nitrogen and oxygen atoms in total. The number of aryl methyl sites for hydroxylation is 1. The molecule has 0 aliphatic carbocycles. The predicted molar refractivity (Wildman–Crippen MR) is 122 cm³/mol. The first-order chi connectivity index (χ1) is 16.0. The number of benzene rings is 2. The number of ether oxygens (including phenoxy) is 2. The number of carbonyl (C=O) groups is 2. The Morgan fingerprint density at radius 1 is 1.00 bits per heavy atom. The fourth-order valence-corrected chi connectivity index (χ4v) is 4.11. The molecular formula is C26H25NO6. The second-order valence-corrected chi connectivity index (χ2v) is 7.65. The number of Topliss-reactive ketones (excluding diaryl/α,β-unsaturated/α-hetero) is 1. The smallest absolute Gasteiger partial charge is 0.295 e. The molecular weight excluding hydrogens is 422 g/mol. The maximum atomic E-state index is 13.1. The maximum absolute atomic E-state index is 13.1. The molecule has 1 atom stereocenters. The summed E-state index contributed by atoms with van der Waals surface area (Å²) in [6, 6.07) is 16.8. The third-order valence-corrected chi connectivity index (χ3v) is 5.74. The van der Waals surface area contributed by atoms with Crippen LogP contribution in [0.15, 0.2) is 76.9 Å². The summed E-state index contributed by atoms with van der Waals surface area (Å²) in [5.74, 6) is 0.337. The number of amides is 1. The van der Waals surface area contributed by atoms with E-state index in [9.17, 15) is 14.7 Å². The van der Waals surface area contributed by atoms with Gasteiger partial charge in [0.1, 0.15) is 23.0 Å². The highest BCUT2D eigenvalue weighted by Gasteiger charge is 2.46.